The molecule has 1 rings (SSSR count). The molecule has 0 bridgehead atoms. The molecule has 1 aromatic carbocycles. The smallest absolute Gasteiger partial charge is 0.329 e. The number of aliphatic hydroxyl groups is 1. The molecular formula is C11H17NO3. The Balaban J connectivity index is 0.000000336. The van der Waals surface area contributed by atoms with Gasteiger partial charge in [-0.3, -0.25) is 0 Å². The van der Waals surface area contributed by atoms with Crippen LogP contribution in [0.2, 0.25) is 0 Å². The fourth-order valence-electron chi connectivity index (χ4n) is 1.02. The van der Waals surface area contributed by atoms with E-state index < -0.39 is 12.6 Å². The lowest BCUT2D eigenvalue weighted by molar-refractivity contribution is -0.140. The standard InChI is InChI=1S/C9H13N.C2H4O3/c1-7-5-4-6-9(10-3)8(7)2;3-1-2(4)5/h4-6,10H,1-3H3;3H,1H2,(H,4,5). The van der Waals surface area contributed by atoms with Crippen LogP contribution in [0.3, 0.4) is 0 Å². The second kappa shape index (κ2) is 6.84. The molecule has 1 aromatic rings. The van der Waals surface area contributed by atoms with E-state index in [0.717, 1.165) is 0 Å². The third-order valence-electron chi connectivity index (χ3n) is 2.01. The maximum absolute atomic E-state index is 9.12. The summed E-state index contributed by atoms with van der Waals surface area (Å²) in [4.78, 5) is 9.12. The molecule has 84 valence electrons. The molecule has 0 aliphatic rings. The second-order valence-corrected chi connectivity index (χ2v) is 3.05. The fourth-order valence-corrected chi connectivity index (χ4v) is 1.02. The number of aliphatic hydroxyl groups excluding tert-OH is 1. The second-order valence-electron chi connectivity index (χ2n) is 3.05. The van der Waals surface area contributed by atoms with E-state index in [0.29, 0.717) is 0 Å². The topological polar surface area (TPSA) is 69.6 Å². The summed E-state index contributed by atoms with van der Waals surface area (Å²) in [5, 5.41) is 18.2. The average molecular weight is 211 g/mol. The number of carboxylic acids is 1. The summed E-state index contributed by atoms with van der Waals surface area (Å²) in [6, 6.07) is 6.27. The first-order chi connectivity index (χ1) is 7.02. The molecule has 0 radical (unpaired) electrons. The van der Waals surface area contributed by atoms with Crippen LogP contribution in [0.1, 0.15) is 11.1 Å². The number of carboxylic acid groups (broad SMARTS) is 1. The third kappa shape index (κ3) is 5.02. The molecule has 3 N–H and O–H groups in total. The predicted octanol–water partition coefficient (Wildman–Crippen LogP) is 1.41. The van der Waals surface area contributed by atoms with Crippen molar-refractivity contribution in [2.75, 3.05) is 19.0 Å². The Bertz CT molecular complexity index is 324. The SMILES string of the molecule is CNc1cccc(C)c1C.O=C(O)CO. The van der Waals surface area contributed by atoms with Crippen molar-refractivity contribution in [2.45, 2.75) is 13.8 Å². The van der Waals surface area contributed by atoms with Crippen LogP contribution in [-0.4, -0.2) is 29.8 Å². The molecule has 0 spiro atoms. The normalized spacial score (nSPS) is 8.80. The van der Waals surface area contributed by atoms with Crippen LogP contribution in [-0.2, 0) is 4.79 Å². The Kier molecular flexibility index (Phi) is 6.13. The van der Waals surface area contributed by atoms with Crippen molar-refractivity contribution in [1.82, 2.24) is 0 Å². The predicted molar refractivity (Wildman–Crippen MR) is 60.2 cm³/mol. The summed E-state index contributed by atoms with van der Waals surface area (Å²) in [5.41, 5.74) is 3.90. The van der Waals surface area contributed by atoms with E-state index in [-0.39, 0.29) is 0 Å². The zero-order valence-electron chi connectivity index (χ0n) is 9.24. The molecule has 0 aliphatic carbocycles. The minimum Gasteiger partial charge on any atom is -0.480 e. The van der Waals surface area contributed by atoms with Crippen LogP contribution in [0, 0.1) is 13.8 Å². The van der Waals surface area contributed by atoms with E-state index >= 15 is 0 Å². The van der Waals surface area contributed by atoms with Crippen molar-refractivity contribution in [2.24, 2.45) is 0 Å². The van der Waals surface area contributed by atoms with Gasteiger partial charge in [-0.25, -0.2) is 4.79 Å². The lowest BCUT2D eigenvalue weighted by Crippen LogP contribution is -1.98. The van der Waals surface area contributed by atoms with Gasteiger partial charge in [0.15, 0.2) is 0 Å². The minimum atomic E-state index is -1.19. The first kappa shape index (κ1) is 13.4. The van der Waals surface area contributed by atoms with Crippen LogP contribution in [0.25, 0.3) is 0 Å². The van der Waals surface area contributed by atoms with Gasteiger partial charge in [0.2, 0.25) is 0 Å². The van der Waals surface area contributed by atoms with Crippen LogP contribution in [0.5, 0.6) is 0 Å². The zero-order chi connectivity index (χ0) is 11.8. The molecule has 4 heteroatoms. The maximum atomic E-state index is 9.12. The summed E-state index contributed by atoms with van der Waals surface area (Å²) in [6.45, 7) is 3.47. The molecule has 0 unspecified atom stereocenters. The van der Waals surface area contributed by atoms with Crippen LogP contribution < -0.4 is 5.32 Å². The minimum absolute atomic E-state index is 0.778. The van der Waals surface area contributed by atoms with Crippen LogP contribution >= 0.6 is 0 Å². The Morgan fingerprint density at radius 2 is 1.93 bits per heavy atom. The molecule has 0 saturated carbocycles. The lowest BCUT2D eigenvalue weighted by Gasteiger charge is -2.06. The number of nitrogens with one attached hydrogen (secondary N) is 1. The molecule has 0 amide bonds. The number of aryl methyl sites for hydroxylation is 1. The molecule has 0 heterocycles. The van der Waals surface area contributed by atoms with Gasteiger partial charge in [0.1, 0.15) is 6.61 Å². The van der Waals surface area contributed by atoms with E-state index in [1.54, 1.807) is 0 Å². The highest BCUT2D eigenvalue weighted by atomic mass is 16.4. The Morgan fingerprint density at radius 3 is 2.27 bits per heavy atom. The molecular weight excluding hydrogens is 194 g/mol. The van der Waals surface area contributed by atoms with Crippen molar-refractivity contribution in [3.05, 3.63) is 29.3 Å². The van der Waals surface area contributed by atoms with E-state index in [1.807, 2.05) is 7.05 Å². The van der Waals surface area contributed by atoms with Gasteiger partial charge in [0.05, 0.1) is 0 Å². The molecule has 4 nitrogen and oxygen atoms in total. The summed E-state index contributed by atoms with van der Waals surface area (Å²) in [7, 11) is 1.95. The summed E-state index contributed by atoms with van der Waals surface area (Å²) in [6.07, 6.45) is 0. The van der Waals surface area contributed by atoms with Gasteiger partial charge in [-0.15, -0.1) is 0 Å². The van der Waals surface area contributed by atoms with E-state index in [9.17, 15) is 0 Å². The number of carbonyl (C=O) groups is 1. The Morgan fingerprint density at radius 1 is 1.40 bits per heavy atom. The molecule has 0 saturated heterocycles. The van der Waals surface area contributed by atoms with Gasteiger partial charge in [-0.2, -0.15) is 0 Å². The fraction of sp³-hybridized carbons (Fsp3) is 0.364. The summed E-state index contributed by atoms with van der Waals surface area (Å²) >= 11 is 0. The highest BCUT2D eigenvalue weighted by molar-refractivity contribution is 5.67. The van der Waals surface area contributed by atoms with Crippen molar-refractivity contribution >= 4 is 11.7 Å². The van der Waals surface area contributed by atoms with E-state index in [2.05, 4.69) is 37.4 Å². The van der Waals surface area contributed by atoms with Crippen LogP contribution in [0.15, 0.2) is 18.2 Å². The first-order valence-electron chi connectivity index (χ1n) is 4.59. The van der Waals surface area contributed by atoms with Crippen molar-refractivity contribution in [3.8, 4) is 0 Å². The quantitative estimate of drug-likeness (QED) is 0.691. The van der Waals surface area contributed by atoms with Gasteiger partial charge in [-0.05, 0) is 31.0 Å². The average Bonchev–Trinajstić information content (AvgIpc) is 2.23. The number of hydrogen-bond donors (Lipinski definition) is 3. The Labute approximate surface area is 89.6 Å². The number of aliphatic carboxylic acids is 1. The van der Waals surface area contributed by atoms with Crippen molar-refractivity contribution < 1.29 is 15.0 Å². The van der Waals surface area contributed by atoms with Gasteiger partial charge >= 0.3 is 5.97 Å². The molecule has 15 heavy (non-hydrogen) atoms. The molecule has 0 atom stereocenters. The monoisotopic (exact) mass is 211 g/mol. The lowest BCUT2D eigenvalue weighted by atomic mass is 10.1. The Hall–Kier alpha value is -1.55. The van der Waals surface area contributed by atoms with Gasteiger partial charge < -0.3 is 15.5 Å². The van der Waals surface area contributed by atoms with E-state index in [1.165, 1.54) is 16.8 Å². The molecule has 0 aliphatic heterocycles. The van der Waals surface area contributed by atoms with Crippen LogP contribution in [0.4, 0.5) is 5.69 Å². The third-order valence-corrected chi connectivity index (χ3v) is 2.01. The molecule has 0 fully saturated rings. The maximum Gasteiger partial charge on any atom is 0.329 e. The highest BCUT2D eigenvalue weighted by Crippen LogP contribution is 2.16. The summed E-state index contributed by atoms with van der Waals surface area (Å²) < 4.78 is 0. The first-order valence-corrected chi connectivity index (χ1v) is 4.59. The largest absolute Gasteiger partial charge is 0.480 e. The number of anilines is 1. The van der Waals surface area contributed by atoms with E-state index in [4.69, 9.17) is 15.0 Å². The van der Waals surface area contributed by atoms with Crippen molar-refractivity contribution in [3.63, 3.8) is 0 Å². The zero-order valence-corrected chi connectivity index (χ0v) is 9.24. The van der Waals surface area contributed by atoms with Gasteiger partial charge in [0, 0.05) is 12.7 Å². The van der Waals surface area contributed by atoms with Gasteiger partial charge in [-0.1, -0.05) is 12.1 Å². The molecule has 0 aromatic heterocycles. The number of rotatable bonds is 2. The number of hydrogen-bond acceptors (Lipinski definition) is 3. The summed E-state index contributed by atoms with van der Waals surface area (Å²) in [5.74, 6) is -1.19. The van der Waals surface area contributed by atoms with Crippen molar-refractivity contribution in [1.29, 1.82) is 0 Å². The highest BCUT2D eigenvalue weighted by Gasteiger charge is 1.95. The van der Waals surface area contributed by atoms with Gasteiger partial charge in [0.25, 0.3) is 0 Å². The number of benzene rings is 1.